The van der Waals surface area contributed by atoms with E-state index in [9.17, 15) is 19.2 Å². The molecule has 0 bridgehead atoms. The Morgan fingerprint density at radius 3 is 2.71 bits per heavy atom. The first kappa shape index (κ1) is 15.8. The molecular formula is C13H18N2O5S. The van der Waals surface area contributed by atoms with Crippen LogP contribution in [0.25, 0.3) is 0 Å². The van der Waals surface area contributed by atoms with Gasteiger partial charge in [0.2, 0.25) is 11.8 Å². The van der Waals surface area contributed by atoms with Crippen molar-refractivity contribution in [1.29, 1.82) is 0 Å². The molecule has 0 aromatic carbocycles. The van der Waals surface area contributed by atoms with E-state index in [0.717, 1.165) is 11.8 Å². The minimum Gasteiger partial charge on any atom is -0.467 e. The first-order valence-electron chi connectivity index (χ1n) is 6.80. The molecule has 0 aliphatic carbocycles. The van der Waals surface area contributed by atoms with Crippen LogP contribution in [-0.4, -0.2) is 58.4 Å². The van der Waals surface area contributed by atoms with Gasteiger partial charge in [0, 0.05) is 25.6 Å². The minimum absolute atomic E-state index is 0.0868. The summed E-state index contributed by atoms with van der Waals surface area (Å²) in [4.78, 5) is 47.6. The van der Waals surface area contributed by atoms with Crippen molar-refractivity contribution in [3.8, 4) is 0 Å². The molecule has 2 atom stereocenters. The number of methoxy groups -OCH3 is 1. The number of rotatable bonds is 3. The fraction of sp³-hybridized carbons (Fsp3) is 0.692. The second-order valence-corrected chi connectivity index (χ2v) is 6.28. The highest BCUT2D eigenvalue weighted by atomic mass is 32.2. The Labute approximate surface area is 126 Å². The molecule has 8 heteroatoms. The van der Waals surface area contributed by atoms with Gasteiger partial charge in [0.15, 0.2) is 11.2 Å². The van der Waals surface area contributed by atoms with Gasteiger partial charge >= 0.3 is 5.97 Å². The van der Waals surface area contributed by atoms with Crippen molar-refractivity contribution in [2.75, 3.05) is 19.4 Å². The number of nitrogens with zero attached hydrogens (tertiary/aromatic N) is 2. The summed E-state index contributed by atoms with van der Waals surface area (Å²) in [5, 5.41) is 2.50. The van der Waals surface area contributed by atoms with Crippen LogP contribution in [0.5, 0.6) is 0 Å². The number of esters is 1. The number of thioether (sulfide) groups is 1. The molecule has 2 amide bonds. The lowest BCUT2D eigenvalue weighted by Crippen LogP contribution is -2.65. The number of carbonyl (C=O) groups excluding carboxylic acids is 4. The van der Waals surface area contributed by atoms with E-state index < -0.39 is 17.9 Å². The van der Waals surface area contributed by atoms with Crippen LogP contribution in [0.2, 0.25) is 0 Å². The van der Waals surface area contributed by atoms with Crippen molar-refractivity contribution in [3.05, 3.63) is 0 Å². The molecule has 116 valence electrons. The van der Waals surface area contributed by atoms with Crippen LogP contribution < -0.4 is 0 Å². The molecule has 2 saturated heterocycles. The zero-order valence-corrected chi connectivity index (χ0v) is 12.9. The normalized spacial score (nSPS) is 25.6. The van der Waals surface area contributed by atoms with Crippen LogP contribution in [0.3, 0.4) is 0 Å². The van der Waals surface area contributed by atoms with Crippen molar-refractivity contribution < 1.29 is 23.9 Å². The quantitative estimate of drug-likeness (QED) is 0.692. The molecule has 0 radical (unpaired) electrons. The number of ether oxygens (including phenoxy) is 1. The monoisotopic (exact) mass is 314 g/mol. The molecule has 0 saturated carbocycles. The molecule has 0 N–H and O–H groups in total. The molecule has 2 fully saturated rings. The fourth-order valence-corrected chi connectivity index (χ4v) is 3.34. The molecule has 0 aromatic heterocycles. The second kappa shape index (κ2) is 6.46. The second-order valence-electron chi connectivity index (χ2n) is 5.08. The third kappa shape index (κ3) is 3.20. The maximum atomic E-state index is 12.5. The van der Waals surface area contributed by atoms with Crippen molar-refractivity contribution in [3.63, 3.8) is 0 Å². The van der Waals surface area contributed by atoms with E-state index in [-0.39, 0.29) is 29.1 Å². The Morgan fingerprint density at radius 2 is 2.10 bits per heavy atom. The third-order valence-corrected chi connectivity index (χ3v) is 4.62. The highest BCUT2D eigenvalue weighted by molar-refractivity contribution is 8.13. The highest BCUT2D eigenvalue weighted by Crippen LogP contribution is 2.30. The summed E-state index contributed by atoms with van der Waals surface area (Å²) in [5.74, 6) is -1.28. The lowest BCUT2D eigenvalue weighted by Gasteiger charge is -2.47. The predicted octanol–water partition coefficient (Wildman–Crippen LogP) is 0.194. The predicted molar refractivity (Wildman–Crippen MR) is 74.8 cm³/mol. The molecule has 2 heterocycles. The Morgan fingerprint density at radius 1 is 1.38 bits per heavy atom. The van der Waals surface area contributed by atoms with Crippen molar-refractivity contribution in [2.45, 2.75) is 32.2 Å². The molecule has 2 rings (SSSR count). The summed E-state index contributed by atoms with van der Waals surface area (Å²) in [7, 11) is 1.26. The topological polar surface area (TPSA) is 84.0 Å². The zero-order valence-electron chi connectivity index (χ0n) is 12.0. The van der Waals surface area contributed by atoms with E-state index in [1.807, 2.05) is 0 Å². The molecule has 0 aromatic rings. The Bertz CT molecular complexity index is 481. The van der Waals surface area contributed by atoms with E-state index in [1.165, 1.54) is 24.1 Å². The van der Waals surface area contributed by atoms with Gasteiger partial charge in [-0.3, -0.25) is 19.4 Å². The average Bonchev–Trinajstić information content (AvgIpc) is 2.47. The number of carbonyl (C=O) groups is 4. The van der Waals surface area contributed by atoms with Gasteiger partial charge in [0.05, 0.1) is 13.0 Å². The van der Waals surface area contributed by atoms with Gasteiger partial charge in [0.25, 0.3) is 0 Å². The lowest BCUT2D eigenvalue weighted by atomic mass is 9.98. The Hall–Kier alpha value is -1.57. The standard InChI is InChI=1S/C13H18N2O5S/c1-8(16)21-7-9-6-11(17)14-5-3-4-10(13(19)20-2)15(14)12(9)18/h9-10H,3-7H2,1-2H3. The van der Waals surface area contributed by atoms with Crippen molar-refractivity contribution in [1.82, 2.24) is 10.0 Å². The largest absolute Gasteiger partial charge is 0.467 e. The number of hydrogen-bond donors (Lipinski definition) is 0. The molecule has 2 aliphatic rings. The van der Waals surface area contributed by atoms with Crippen LogP contribution in [0.4, 0.5) is 0 Å². The molecule has 2 aliphatic heterocycles. The van der Waals surface area contributed by atoms with Gasteiger partial charge in [-0.1, -0.05) is 11.8 Å². The minimum atomic E-state index is -0.745. The number of amides is 2. The van der Waals surface area contributed by atoms with Gasteiger partial charge in [-0.25, -0.2) is 9.80 Å². The van der Waals surface area contributed by atoms with E-state index in [4.69, 9.17) is 4.74 Å². The van der Waals surface area contributed by atoms with Crippen LogP contribution in [0, 0.1) is 5.92 Å². The molecular weight excluding hydrogens is 296 g/mol. The first-order valence-corrected chi connectivity index (χ1v) is 7.78. The summed E-state index contributed by atoms with van der Waals surface area (Å²) < 4.78 is 4.73. The number of hydrogen-bond acceptors (Lipinski definition) is 6. The summed E-state index contributed by atoms with van der Waals surface area (Å²) >= 11 is 1.03. The Balaban J connectivity index is 2.19. The van der Waals surface area contributed by atoms with E-state index >= 15 is 0 Å². The maximum Gasteiger partial charge on any atom is 0.330 e. The summed E-state index contributed by atoms with van der Waals surface area (Å²) in [5.41, 5.74) is 0. The van der Waals surface area contributed by atoms with Gasteiger partial charge in [0.1, 0.15) is 0 Å². The number of fused-ring (bicyclic) bond motifs is 1. The average molecular weight is 314 g/mol. The highest BCUT2D eigenvalue weighted by Gasteiger charge is 2.46. The smallest absolute Gasteiger partial charge is 0.330 e. The lowest BCUT2D eigenvalue weighted by molar-refractivity contribution is -0.192. The van der Waals surface area contributed by atoms with Crippen molar-refractivity contribution >= 4 is 34.7 Å². The molecule has 7 nitrogen and oxygen atoms in total. The van der Waals surface area contributed by atoms with Crippen LogP contribution in [0.15, 0.2) is 0 Å². The third-order valence-electron chi connectivity index (χ3n) is 3.65. The summed E-state index contributed by atoms with van der Waals surface area (Å²) in [6.45, 7) is 1.86. The van der Waals surface area contributed by atoms with Gasteiger partial charge in [-0.15, -0.1) is 0 Å². The van der Waals surface area contributed by atoms with Crippen LogP contribution >= 0.6 is 11.8 Å². The van der Waals surface area contributed by atoms with E-state index in [0.29, 0.717) is 19.4 Å². The summed E-state index contributed by atoms with van der Waals surface area (Å²) in [6, 6.07) is -0.745. The van der Waals surface area contributed by atoms with Crippen LogP contribution in [-0.2, 0) is 23.9 Å². The summed E-state index contributed by atoms with van der Waals surface area (Å²) in [6.07, 6.45) is 1.22. The van der Waals surface area contributed by atoms with Crippen molar-refractivity contribution in [2.24, 2.45) is 5.92 Å². The SMILES string of the molecule is COC(=O)C1CCCN2C(=O)CC(CSC(C)=O)C(=O)N12. The maximum absolute atomic E-state index is 12.5. The molecule has 0 spiro atoms. The zero-order chi connectivity index (χ0) is 15.6. The van der Waals surface area contributed by atoms with E-state index in [1.54, 1.807) is 0 Å². The van der Waals surface area contributed by atoms with E-state index in [2.05, 4.69) is 0 Å². The fourth-order valence-electron chi connectivity index (χ4n) is 2.64. The molecule has 2 unspecified atom stereocenters. The van der Waals surface area contributed by atoms with Gasteiger partial charge < -0.3 is 4.74 Å². The first-order chi connectivity index (χ1) is 9.95. The van der Waals surface area contributed by atoms with Gasteiger partial charge in [-0.05, 0) is 12.8 Å². The Kier molecular flexibility index (Phi) is 4.87. The molecule has 21 heavy (non-hydrogen) atoms. The van der Waals surface area contributed by atoms with Crippen LogP contribution in [0.1, 0.15) is 26.2 Å². The number of hydrazine groups is 1. The van der Waals surface area contributed by atoms with Gasteiger partial charge in [-0.2, -0.15) is 0 Å².